The van der Waals surface area contributed by atoms with E-state index in [9.17, 15) is 8.78 Å². The number of methoxy groups -OCH3 is 1. The van der Waals surface area contributed by atoms with Gasteiger partial charge in [0.2, 0.25) is 5.88 Å². The second-order valence-electron chi connectivity index (χ2n) is 2.82. The SMILES string of the molecule is COc1ncc(C#N)c(C(F)F)c1CC#N. The van der Waals surface area contributed by atoms with E-state index in [0.29, 0.717) is 0 Å². The Morgan fingerprint density at radius 3 is 2.62 bits per heavy atom. The van der Waals surface area contributed by atoms with Gasteiger partial charge in [0.05, 0.1) is 25.2 Å². The second kappa shape index (κ2) is 5.04. The van der Waals surface area contributed by atoms with E-state index in [0.717, 1.165) is 6.20 Å². The lowest BCUT2D eigenvalue weighted by molar-refractivity contribution is 0.149. The Hall–Kier alpha value is -2.21. The molecule has 1 heterocycles. The molecule has 1 rings (SSSR count). The zero-order valence-electron chi connectivity index (χ0n) is 8.37. The quantitative estimate of drug-likeness (QED) is 0.785. The van der Waals surface area contributed by atoms with Gasteiger partial charge in [0.1, 0.15) is 6.07 Å². The number of nitriles is 2. The molecule has 0 bridgehead atoms. The summed E-state index contributed by atoms with van der Waals surface area (Å²) in [5.41, 5.74) is -0.740. The van der Waals surface area contributed by atoms with Crippen LogP contribution in [0, 0.1) is 22.7 Å². The highest BCUT2D eigenvalue weighted by Gasteiger charge is 2.22. The van der Waals surface area contributed by atoms with Gasteiger partial charge in [-0.15, -0.1) is 0 Å². The molecule has 0 spiro atoms. The summed E-state index contributed by atoms with van der Waals surface area (Å²) in [6.45, 7) is 0. The summed E-state index contributed by atoms with van der Waals surface area (Å²) in [5, 5.41) is 17.2. The van der Waals surface area contributed by atoms with Gasteiger partial charge in [-0.05, 0) is 0 Å². The number of ether oxygens (including phenoxy) is 1. The molecule has 1 aromatic rings. The van der Waals surface area contributed by atoms with Crippen molar-refractivity contribution >= 4 is 0 Å². The number of alkyl halides is 2. The Morgan fingerprint density at radius 1 is 1.50 bits per heavy atom. The van der Waals surface area contributed by atoms with Gasteiger partial charge in [0.15, 0.2) is 0 Å². The number of pyridine rings is 1. The average molecular weight is 223 g/mol. The van der Waals surface area contributed by atoms with Crippen LogP contribution in [0.5, 0.6) is 5.88 Å². The maximum absolute atomic E-state index is 12.8. The zero-order chi connectivity index (χ0) is 12.1. The van der Waals surface area contributed by atoms with Crippen LogP contribution in [0.2, 0.25) is 0 Å². The molecule has 0 aromatic carbocycles. The molecule has 0 fully saturated rings. The van der Waals surface area contributed by atoms with Crippen molar-refractivity contribution in [2.45, 2.75) is 12.8 Å². The lowest BCUT2D eigenvalue weighted by Crippen LogP contribution is -2.04. The van der Waals surface area contributed by atoms with Crippen molar-refractivity contribution in [3.05, 3.63) is 22.9 Å². The highest BCUT2D eigenvalue weighted by Crippen LogP contribution is 2.31. The topological polar surface area (TPSA) is 69.7 Å². The smallest absolute Gasteiger partial charge is 0.265 e. The van der Waals surface area contributed by atoms with E-state index in [1.807, 2.05) is 0 Å². The van der Waals surface area contributed by atoms with Crippen LogP contribution in [0.3, 0.4) is 0 Å². The van der Waals surface area contributed by atoms with Crippen molar-refractivity contribution < 1.29 is 13.5 Å². The minimum Gasteiger partial charge on any atom is -0.481 e. The van der Waals surface area contributed by atoms with Crippen molar-refractivity contribution in [3.8, 4) is 18.0 Å². The van der Waals surface area contributed by atoms with E-state index in [4.69, 9.17) is 15.3 Å². The fourth-order valence-electron chi connectivity index (χ4n) is 1.31. The Labute approximate surface area is 90.7 Å². The lowest BCUT2D eigenvalue weighted by atomic mass is 10.0. The Morgan fingerprint density at radius 2 is 2.19 bits per heavy atom. The maximum Gasteiger partial charge on any atom is 0.265 e. The van der Waals surface area contributed by atoms with Crippen LogP contribution in [0.1, 0.15) is 23.1 Å². The van der Waals surface area contributed by atoms with Gasteiger partial charge in [0, 0.05) is 17.3 Å². The van der Waals surface area contributed by atoms with Crippen molar-refractivity contribution in [2.75, 3.05) is 7.11 Å². The van der Waals surface area contributed by atoms with Crippen molar-refractivity contribution in [1.82, 2.24) is 4.98 Å². The van der Waals surface area contributed by atoms with E-state index < -0.39 is 12.0 Å². The summed E-state index contributed by atoms with van der Waals surface area (Å²) in [6.07, 6.45) is -2.10. The van der Waals surface area contributed by atoms with Gasteiger partial charge in [-0.25, -0.2) is 13.8 Å². The lowest BCUT2D eigenvalue weighted by Gasteiger charge is -2.11. The molecule has 0 unspecified atom stereocenters. The van der Waals surface area contributed by atoms with Gasteiger partial charge in [-0.1, -0.05) is 0 Å². The Balaban J connectivity index is 3.49. The molecule has 0 saturated carbocycles. The molecule has 0 radical (unpaired) electrons. The average Bonchev–Trinajstić information content (AvgIpc) is 2.28. The van der Waals surface area contributed by atoms with Crippen LogP contribution in [0.15, 0.2) is 6.20 Å². The fraction of sp³-hybridized carbons (Fsp3) is 0.300. The minimum atomic E-state index is -2.84. The van der Waals surface area contributed by atoms with Crippen LogP contribution < -0.4 is 4.74 Å². The molecule has 6 heteroatoms. The van der Waals surface area contributed by atoms with E-state index in [2.05, 4.69) is 4.98 Å². The molecule has 1 aromatic heterocycles. The molecule has 0 N–H and O–H groups in total. The molecule has 0 aliphatic heterocycles. The third-order valence-electron chi connectivity index (χ3n) is 1.97. The molecule has 82 valence electrons. The molecular weight excluding hydrogens is 216 g/mol. The molecular formula is C10H7F2N3O. The Bertz CT molecular complexity index is 474. The van der Waals surface area contributed by atoms with Crippen molar-refractivity contribution in [2.24, 2.45) is 0 Å². The van der Waals surface area contributed by atoms with E-state index >= 15 is 0 Å². The molecule has 0 amide bonds. The third-order valence-corrected chi connectivity index (χ3v) is 1.97. The first-order chi connectivity index (χ1) is 7.65. The normalized spacial score (nSPS) is 9.62. The van der Waals surface area contributed by atoms with Gasteiger partial charge < -0.3 is 4.74 Å². The first-order valence-corrected chi connectivity index (χ1v) is 4.26. The van der Waals surface area contributed by atoms with Gasteiger partial charge in [0.25, 0.3) is 6.43 Å². The number of hydrogen-bond donors (Lipinski definition) is 0. The van der Waals surface area contributed by atoms with E-state index in [1.54, 1.807) is 12.1 Å². The number of nitrogens with zero attached hydrogens (tertiary/aromatic N) is 3. The van der Waals surface area contributed by atoms with Crippen molar-refractivity contribution in [1.29, 1.82) is 10.5 Å². The van der Waals surface area contributed by atoms with Gasteiger partial charge in [-0.3, -0.25) is 0 Å². The zero-order valence-corrected chi connectivity index (χ0v) is 8.37. The first-order valence-electron chi connectivity index (χ1n) is 4.26. The summed E-state index contributed by atoms with van der Waals surface area (Å²) in [4.78, 5) is 3.70. The highest BCUT2D eigenvalue weighted by molar-refractivity contribution is 5.47. The summed E-state index contributed by atoms with van der Waals surface area (Å²) < 4.78 is 30.3. The number of rotatable bonds is 3. The predicted molar refractivity (Wildman–Crippen MR) is 49.8 cm³/mol. The summed E-state index contributed by atoms with van der Waals surface area (Å²) in [5.74, 6) is -0.0455. The molecule has 0 saturated heterocycles. The van der Waals surface area contributed by atoms with Crippen LogP contribution in [-0.4, -0.2) is 12.1 Å². The fourth-order valence-corrected chi connectivity index (χ4v) is 1.31. The van der Waals surface area contributed by atoms with Crippen LogP contribution in [0.4, 0.5) is 8.78 Å². The Kier molecular flexibility index (Phi) is 3.73. The van der Waals surface area contributed by atoms with Crippen LogP contribution in [0.25, 0.3) is 0 Å². The van der Waals surface area contributed by atoms with E-state index in [-0.39, 0.29) is 23.4 Å². The molecule has 0 atom stereocenters. The minimum absolute atomic E-state index is 0.0287. The third kappa shape index (κ3) is 2.06. The van der Waals surface area contributed by atoms with Gasteiger partial charge in [-0.2, -0.15) is 10.5 Å². The molecule has 0 aliphatic carbocycles. The van der Waals surface area contributed by atoms with Gasteiger partial charge >= 0.3 is 0 Å². The summed E-state index contributed by atoms with van der Waals surface area (Å²) in [7, 11) is 1.27. The highest BCUT2D eigenvalue weighted by atomic mass is 19.3. The van der Waals surface area contributed by atoms with Crippen molar-refractivity contribution in [3.63, 3.8) is 0 Å². The molecule has 4 nitrogen and oxygen atoms in total. The number of hydrogen-bond acceptors (Lipinski definition) is 4. The number of halogens is 2. The summed E-state index contributed by atoms with van der Waals surface area (Å²) in [6, 6.07) is 3.36. The predicted octanol–water partition coefficient (Wildman–Crippen LogP) is 1.97. The van der Waals surface area contributed by atoms with E-state index in [1.165, 1.54) is 7.11 Å². The monoisotopic (exact) mass is 223 g/mol. The maximum atomic E-state index is 12.8. The second-order valence-corrected chi connectivity index (χ2v) is 2.82. The van der Waals surface area contributed by atoms with Crippen LogP contribution in [-0.2, 0) is 6.42 Å². The summed E-state index contributed by atoms with van der Waals surface area (Å²) >= 11 is 0. The number of aromatic nitrogens is 1. The first kappa shape index (κ1) is 11.9. The largest absolute Gasteiger partial charge is 0.481 e. The van der Waals surface area contributed by atoms with Crippen LogP contribution >= 0.6 is 0 Å². The molecule has 0 aliphatic rings. The molecule has 16 heavy (non-hydrogen) atoms. The standard InChI is InChI=1S/C10H7F2N3O/c1-16-10-7(2-3-13)8(9(11)12)6(4-14)5-15-10/h5,9H,2H2,1H3.